The molecule has 1 N–H and O–H groups in total. The van der Waals surface area contributed by atoms with Crippen molar-refractivity contribution in [2.24, 2.45) is 0 Å². The summed E-state index contributed by atoms with van der Waals surface area (Å²) >= 11 is 6.04. The Balaban J connectivity index is 2.28. The van der Waals surface area contributed by atoms with Gasteiger partial charge in [0.25, 0.3) is 0 Å². The second-order valence-electron chi connectivity index (χ2n) is 4.86. The van der Waals surface area contributed by atoms with E-state index in [-0.39, 0.29) is 0 Å². The molecule has 0 saturated heterocycles. The van der Waals surface area contributed by atoms with Crippen LogP contribution in [-0.2, 0) is 12.8 Å². The molecule has 0 aliphatic heterocycles. The first kappa shape index (κ1) is 12.3. The molecule has 0 atom stereocenters. The van der Waals surface area contributed by atoms with Crippen molar-refractivity contribution in [3.63, 3.8) is 0 Å². The maximum absolute atomic E-state index is 11.5. The van der Waals surface area contributed by atoms with E-state index in [2.05, 4.69) is 0 Å². The van der Waals surface area contributed by atoms with Crippen molar-refractivity contribution in [3.05, 3.63) is 51.8 Å². The molecule has 1 aliphatic carbocycles. The first-order valence-corrected chi connectivity index (χ1v) is 6.69. The summed E-state index contributed by atoms with van der Waals surface area (Å²) in [4.78, 5) is 11.5. The van der Waals surface area contributed by atoms with E-state index in [1.165, 1.54) is 0 Å². The molecular weight excluding hydrogens is 262 g/mol. The highest BCUT2D eigenvalue weighted by molar-refractivity contribution is 6.30. The van der Waals surface area contributed by atoms with Gasteiger partial charge in [-0.15, -0.1) is 0 Å². The van der Waals surface area contributed by atoms with E-state index < -0.39 is 5.97 Å². The van der Waals surface area contributed by atoms with Gasteiger partial charge in [-0.2, -0.15) is 0 Å². The normalized spacial score (nSPS) is 13.6. The Bertz CT molecular complexity index is 673. The van der Waals surface area contributed by atoms with Gasteiger partial charge < -0.3 is 9.67 Å². The number of carboxylic acid groups (broad SMARTS) is 1. The summed E-state index contributed by atoms with van der Waals surface area (Å²) in [5.41, 5.74) is 4.31. The molecule has 0 spiro atoms. The molecule has 1 aromatic carbocycles. The van der Waals surface area contributed by atoms with Crippen LogP contribution in [0.3, 0.4) is 0 Å². The Morgan fingerprint density at radius 1 is 1.37 bits per heavy atom. The van der Waals surface area contributed by atoms with Crippen molar-refractivity contribution >= 4 is 17.6 Å². The molecule has 2 aromatic rings. The number of fused-ring (bicyclic) bond motifs is 1. The number of carbonyl (C=O) groups is 1. The van der Waals surface area contributed by atoms with E-state index in [1.807, 2.05) is 35.8 Å². The molecule has 1 aromatic heterocycles. The van der Waals surface area contributed by atoms with Crippen molar-refractivity contribution in [2.45, 2.75) is 26.2 Å². The van der Waals surface area contributed by atoms with Gasteiger partial charge in [0.05, 0.1) is 5.56 Å². The standard InChI is InChI=1S/C15H14ClNO2/c1-9-14(15(18)19)12-6-3-7-13(12)17(9)11-5-2-4-10(16)8-11/h2,4-5,8H,3,6-7H2,1H3,(H,18,19). The average molecular weight is 276 g/mol. The molecule has 0 saturated carbocycles. The zero-order valence-corrected chi connectivity index (χ0v) is 11.4. The Labute approximate surface area is 116 Å². The lowest BCUT2D eigenvalue weighted by atomic mass is 10.1. The molecule has 0 fully saturated rings. The smallest absolute Gasteiger partial charge is 0.337 e. The average Bonchev–Trinajstić information content (AvgIpc) is 2.87. The fourth-order valence-electron chi connectivity index (χ4n) is 3.02. The second-order valence-corrected chi connectivity index (χ2v) is 5.30. The van der Waals surface area contributed by atoms with Crippen LogP contribution in [0.4, 0.5) is 0 Å². The number of benzene rings is 1. The highest BCUT2D eigenvalue weighted by Gasteiger charge is 2.28. The van der Waals surface area contributed by atoms with Crippen LogP contribution < -0.4 is 0 Å². The van der Waals surface area contributed by atoms with Crippen LogP contribution in [0, 0.1) is 6.92 Å². The predicted octanol–water partition coefficient (Wildman–Crippen LogP) is 3.63. The molecule has 0 unspecified atom stereocenters. The number of rotatable bonds is 2. The van der Waals surface area contributed by atoms with Gasteiger partial charge in [0.2, 0.25) is 0 Å². The van der Waals surface area contributed by atoms with E-state index in [9.17, 15) is 9.90 Å². The zero-order valence-electron chi connectivity index (χ0n) is 10.6. The zero-order chi connectivity index (χ0) is 13.6. The van der Waals surface area contributed by atoms with Crippen molar-refractivity contribution in [1.82, 2.24) is 4.57 Å². The van der Waals surface area contributed by atoms with Crippen molar-refractivity contribution in [1.29, 1.82) is 0 Å². The third-order valence-corrected chi connectivity index (χ3v) is 3.97. The van der Waals surface area contributed by atoms with Crippen LogP contribution in [0.15, 0.2) is 24.3 Å². The molecule has 3 rings (SSSR count). The monoisotopic (exact) mass is 275 g/mol. The highest BCUT2D eigenvalue weighted by Crippen LogP contribution is 2.33. The number of halogens is 1. The molecule has 0 bridgehead atoms. The van der Waals surface area contributed by atoms with Gasteiger partial charge in [0, 0.05) is 22.1 Å². The van der Waals surface area contributed by atoms with Gasteiger partial charge in [-0.1, -0.05) is 17.7 Å². The summed E-state index contributed by atoms with van der Waals surface area (Å²) in [5, 5.41) is 10.1. The van der Waals surface area contributed by atoms with Crippen molar-refractivity contribution in [2.75, 3.05) is 0 Å². The number of aromatic nitrogens is 1. The number of nitrogens with zero attached hydrogens (tertiary/aromatic N) is 1. The maximum atomic E-state index is 11.5. The van der Waals surface area contributed by atoms with Crippen LogP contribution in [0.2, 0.25) is 5.02 Å². The van der Waals surface area contributed by atoms with Gasteiger partial charge in [-0.05, 0) is 49.9 Å². The van der Waals surface area contributed by atoms with Crippen LogP contribution in [0.25, 0.3) is 5.69 Å². The van der Waals surface area contributed by atoms with E-state index in [1.54, 1.807) is 0 Å². The lowest BCUT2D eigenvalue weighted by molar-refractivity contribution is 0.0695. The van der Waals surface area contributed by atoms with Gasteiger partial charge >= 0.3 is 5.97 Å². The number of hydrogen-bond donors (Lipinski definition) is 1. The van der Waals surface area contributed by atoms with Gasteiger partial charge in [0.15, 0.2) is 0 Å². The lowest BCUT2D eigenvalue weighted by Gasteiger charge is -2.11. The molecule has 3 nitrogen and oxygen atoms in total. The minimum Gasteiger partial charge on any atom is -0.478 e. The summed E-state index contributed by atoms with van der Waals surface area (Å²) < 4.78 is 2.04. The molecule has 4 heteroatoms. The molecular formula is C15H14ClNO2. The Morgan fingerprint density at radius 3 is 2.84 bits per heavy atom. The predicted molar refractivity (Wildman–Crippen MR) is 74.5 cm³/mol. The van der Waals surface area contributed by atoms with E-state index in [4.69, 9.17) is 11.6 Å². The molecule has 1 heterocycles. The molecule has 0 amide bonds. The van der Waals surface area contributed by atoms with E-state index >= 15 is 0 Å². The maximum Gasteiger partial charge on any atom is 0.337 e. The first-order chi connectivity index (χ1) is 9.09. The largest absolute Gasteiger partial charge is 0.478 e. The Morgan fingerprint density at radius 2 is 2.16 bits per heavy atom. The number of hydrogen-bond acceptors (Lipinski definition) is 1. The topological polar surface area (TPSA) is 42.2 Å². The number of carboxylic acids is 1. The fourth-order valence-corrected chi connectivity index (χ4v) is 3.21. The highest BCUT2D eigenvalue weighted by atomic mass is 35.5. The SMILES string of the molecule is Cc1c(C(=O)O)c2c(n1-c1cccc(Cl)c1)CCC2. The summed E-state index contributed by atoms with van der Waals surface area (Å²) in [6.07, 6.45) is 2.80. The van der Waals surface area contributed by atoms with E-state index in [0.29, 0.717) is 10.6 Å². The summed E-state index contributed by atoms with van der Waals surface area (Å²) in [6, 6.07) is 7.54. The summed E-state index contributed by atoms with van der Waals surface area (Å²) in [6.45, 7) is 1.86. The fraction of sp³-hybridized carbons (Fsp3) is 0.267. The van der Waals surface area contributed by atoms with Gasteiger partial charge in [-0.25, -0.2) is 4.79 Å². The Kier molecular flexibility index (Phi) is 2.86. The first-order valence-electron chi connectivity index (χ1n) is 6.32. The van der Waals surface area contributed by atoms with E-state index in [0.717, 1.165) is 41.9 Å². The third-order valence-electron chi connectivity index (χ3n) is 3.74. The van der Waals surface area contributed by atoms with Crippen molar-refractivity contribution in [3.8, 4) is 5.69 Å². The van der Waals surface area contributed by atoms with Crippen LogP contribution in [0.5, 0.6) is 0 Å². The molecule has 1 aliphatic rings. The molecule has 19 heavy (non-hydrogen) atoms. The van der Waals surface area contributed by atoms with Crippen LogP contribution >= 0.6 is 11.6 Å². The lowest BCUT2D eigenvalue weighted by Crippen LogP contribution is -2.04. The summed E-state index contributed by atoms with van der Waals surface area (Å²) in [5.74, 6) is -0.837. The minimum absolute atomic E-state index is 0.465. The summed E-state index contributed by atoms with van der Waals surface area (Å²) in [7, 11) is 0. The second kappa shape index (κ2) is 4.42. The number of aromatic carboxylic acids is 1. The van der Waals surface area contributed by atoms with Crippen LogP contribution in [-0.4, -0.2) is 15.6 Å². The minimum atomic E-state index is -0.837. The quantitative estimate of drug-likeness (QED) is 0.909. The molecule has 0 radical (unpaired) electrons. The van der Waals surface area contributed by atoms with Crippen molar-refractivity contribution < 1.29 is 9.90 Å². The van der Waals surface area contributed by atoms with Gasteiger partial charge in [0.1, 0.15) is 0 Å². The Hall–Kier alpha value is -1.74. The van der Waals surface area contributed by atoms with Gasteiger partial charge in [-0.3, -0.25) is 0 Å². The third kappa shape index (κ3) is 1.85. The van der Waals surface area contributed by atoms with Crippen LogP contribution in [0.1, 0.15) is 33.7 Å². The molecule has 98 valence electrons.